The van der Waals surface area contributed by atoms with E-state index >= 15 is 4.39 Å². The summed E-state index contributed by atoms with van der Waals surface area (Å²) in [5.74, 6) is -0.996. The lowest BCUT2D eigenvalue weighted by Gasteiger charge is -2.40. The van der Waals surface area contributed by atoms with Crippen molar-refractivity contribution in [3.63, 3.8) is 0 Å². The minimum atomic E-state index is -4.64. The molecule has 1 aromatic carbocycles. The number of hydrogen-bond donors (Lipinski definition) is 1. The van der Waals surface area contributed by atoms with Gasteiger partial charge in [0.25, 0.3) is 0 Å². The van der Waals surface area contributed by atoms with Gasteiger partial charge in [0.15, 0.2) is 0 Å². The summed E-state index contributed by atoms with van der Waals surface area (Å²) in [7, 11) is 0. The molecular formula is C27H31F4NO3. The maximum Gasteiger partial charge on any atom is 0.416 e. The van der Waals surface area contributed by atoms with Gasteiger partial charge in [-0.05, 0) is 41.9 Å². The molecule has 2 atom stereocenters. The standard InChI is InChI=1S/C27H31F4NO3/c1-14(2)23-21-22(20-18(32-23)12-25(3,4)13-19(20)33)26(7-9-34-10-8-26)35-24(21)16-6-5-15(11-17(16)28)27(29,30)31/h5-6,11,14,19,24,33H,7-10,12-13H2,1-4H3/t19?,24-/m1/s1. The van der Waals surface area contributed by atoms with E-state index in [9.17, 15) is 18.3 Å². The first-order valence-electron chi connectivity index (χ1n) is 12.2. The molecule has 1 N–H and O–H groups in total. The van der Waals surface area contributed by atoms with Crippen molar-refractivity contribution in [2.75, 3.05) is 13.2 Å². The number of fused-ring (bicyclic) bond motifs is 4. The van der Waals surface area contributed by atoms with Crippen LogP contribution in [0.4, 0.5) is 17.6 Å². The van der Waals surface area contributed by atoms with Crippen molar-refractivity contribution in [3.8, 4) is 0 Å². The van der Waals surface area contributed by atoms with Crippen LogP contribution in [0.2, 0.25) is 0 Å². The predicted molar refractivity (Wildman–Crippen MR) is 121 cm³/mol. The molecule has 4 nitrogen and oxygen atoms in total. The van der Waals surface area contributed by atoms with Gasteiger partial charge in [-0.3, -0.25) is 4.98 Å². The minimum Gasteiger partial charge on any atom is -0.388 e. The topological polar surface area (TPSA) is 51.6 Å². The van der Waals surface area contributed by atoms with Crippen LogP contribution in [-0.2, 0) is 27.7 Å². The van der Waals surface area contributed by atoms with E-state index in [0.29, 0.717) is 50.5 Å². The van der Waals surface area contributed by atoms with Crippen molar-refractivity contribution in [2.24, 2.45) is 5.41 Å². The molecule has 1 aliphatic carbocycles. The molecule has 1 unspecified atom stereocenters. The highest BCUT2D eigenvalue weighted by molar-refractivity contribution is 5.54. The van der Waals surface area contributed by atoms with E-state index in [0.717, 1.165) is 28.6 Å². The Morgan fingerprint density at radius 3 is 2.40 bits per heavy atom. The number of alkyl halides is 3. The lowest BCUT2D eigenvalue weighted by molar-refractivity contribution is -0.138. The van der Waals surface area contributed by atoms with E-state index in [1.54, 1.807) is 0 Å². The van der Waals surface area contributed by atoms with Crippen LogP contribution in [-0.4, -0.2) is 23.3 Å². The van der Waals surface area contributed by atoms with E-state index < -0.39 is 35.4 Å². The molecule has 0 radical (unpaired) electrons. The molecule has 2 aromatic rings. The van der Waals surface area contributed by atoms with Crippen molar-refractivity contribution in [1.29, 1.82) is 0 Å². The van der Waals surface area contributed by atoms with E-state index in [1.165, 1.54) is 6.07 Å². The second-order valence-corrected chi connectivity index (χ2v) is 11.2. The number of benzene rings is 1. The number of aromatic nitrogens is 1. The summed E-state index contributed by atoms with van der Waals surface area (Å²) in [6.07, 6.45) is -4.03. The van der Waals surface area contributed by atoms with Gasteiger partial charge in [0.05, 0.1) is 17.3 Å². The zero-order chi connectivity index (χ0) is 25.3. The Morgan fingerprint density at radius 2 is 1.80 bits per heavy atom. The molecule has 0 saturated carbocycles. The maximum absolute atomic E-state index is 15.3. The Kier molecular flexibility index (Phi) is 5.81. The molecular weight excluding hydrogens is 462 g/mol. The van der Waals surface area contributed by atoms with E-state index in [2.05, 4.69) is 13.8 Å². The first-order valence-corrected chi connectivity index (χ1v) is 12.2. The van der Waals surface area contributed by atoms with Gasteiger partial charge in [-0.1, -0.05) is 33.8 Å². The molecule has 1 fully saturated rings. The molecule has 2 aliphatic heterocycles. The van der Waals surface area contributed by atoms with Crippen LogP contribution < -0.4 is 0 Å². The van der Waals surface area contributed by atoms with Gasteiger partial charge in [0, 0.05) is 54.1 Å². The molecule has 35 heavy (non-hydrogen) atoms. The molecule has 3 heterocycles. The number of hydrogen-bond acceptors (Lipinski definition) is 4. The molecule has 3 aliphatic rings. The van der Waals surface area contributed by atoms with E-state index in [-0.39, 0.29) is 16.9 Å². The number of ether oxygens (including phenoxy) is 2. The Morgan fingerprint density at radius 1 is 1.11 bits per heavy atom. The zero-order valence-electron chi connectivity index (χ0n) is 20.4. The third-order valence-electron chi connectivity index (χ3n) is 7.62. The summed E-state index contributed by atoms with van der Waals surface area (Å²) in [6.45, 7) is 9.08. The van der Waals surface area contributed by atoms with Crippen LogP contribution >= 0.6 is 0 Å². The number of halogens is 4. The quantitative estimate of drug-likeness (QED) is 0.486. The first-order chi connectivity index (χ1) is 16.3. The van der Waals surface area contributed by atoms with Crippen molar-refractivity contribution in [3.05, 3.63) is 63.2 Å². The Balaban J connectivity index is 1.77. The van der Waals surface area contributed by atoms with Crippen molar-refractivity contribution >= 4 is 0 Å². The van der Waals surface area contributed by atoms with Crippen LogP contribution in [0, 0.1) is 11.2 Å². The summed E-state index contributed by atoms with van der Waals surface area (Å²) in [6, 6.07) is 2.61. The normalized spacial score (nSPS) is 25.1. The average Bonchev–Trinajstić information content (AvgIpc) is 3.05. The second-order valence-electron chi connectivity index (χ2n) is 11.2. The summed E-state index contributed by atoms with van der Waals surface area (Å²) in [4.78, 5) is 5.00. The van der Waals surface area contributed by atoms with Gasteiger partial charge in [-0.25, -0.2) is 4.39 Å². The lowest BCUT2D eigenvalue weighted by Crippen LogP contribution is -2.37. The molecule has 1 saturated heterocycles. The van der Waals surface area contributed by atoms with Crippen LogP contribution in [0.15, 0.2) is 18.2 Å². The van der Waals surface area contributed by atoms with Gasteiger partial charge in [0.1, 0.15) is 11.9 Å². The third-order valence-corrected chi connectivity index (χ3v) is 7.62. The second kappa shape index (κ2) is 8.25. The van der Waals surface area contributed by atoms with Gasteiger partial charge in [-0.15, -0.1) is 0 Å². The van der Waals surface area contributed by atoms with Crippen LogP contribution in [0.5, 0.6) is 0 Å². The average molecular weight is 494 g/mol. The summed E-state index contributed by atoms with van der Waals surface area (Å²) < 4.78 is 67.2. The predicted octanol–water partition coefficient (Wildman–Crippen LogP) is 6.49. The maximum atomic E-state index is 15.3. The highest BCUT2D eigenvalue weighted by Gasteiger charge is 2.52. The van der Waals surface area contributed by atoms with Gasteiger partial charge in [0.2, 0.25) is 0 Å². The Hall–Kier alpha value is -2.03. The fourth-order valence-electron chi connectivity index (χ4n) is 6.07. The number of aliphatic hydroxyl groups is 1. The molecule has 190 valence electrons. The summed E-state index contributed by atoms with van der Waals surface area (Å²) in [5.41, 5.74) is 1.94. The lowest BCUT2D eigenvalue weighted by atomic mass is 9.70. The van der Waals surface area contributed by atoms with Crippen molar-refractivity contribution in [1.82, 2.24) is 4.98 Å². The smallest absolute Gasteiger partial charge is 0.388 e. The van der Waals surface area contributed by atoms with Crippen molar-refractivity contribution < 1.29 is 32.1 Å². The van der Waals surface area contributed by atoms with Gasteiger partial charge < -0.3 is 14.6 Å². The van der Waals surface area contributed by atoms with Crippen LogP contribution in [0.1, 0.15) is 104 Å². The van der Waals surface area contributed by atoms with Gasteiger partial charge >= 0.3 is 6.18 Å². The molecule has 1 spiro atoms. The Labute approximate surface area is 202 Å². The largest absolute Gasteiger partial charge is 0.416 e. The molecule has 0 bridgehead atoms. The van der Waals surface area contributed by atoms with Gasteiger partial charge in [-0.2, -0.15) is 13.2 Å². The fourth-order valence-corrected chi connectivity index (χ4v) is 6.07. The number of aliphatic hydroxyl groups excluding tert-OH is 1. The van der Waals surface area contributed by atoms with E-state index in [1.807, 2.05) is 13.8 Å². The fraction of sp³-hybridized carbons (Fsp3) is 0.593. The number of pyridine rings is 1. The first kappa shape index (κ1) is 24.7. The van der Waals surface area contributed by atoms with Crippen LogP contribution in [0.25, 0.3) is 0 Å². The van der Waals surface area contributed by atoms with E-state index in [4.69, 9.17) is 14.5 Å². The SMILES string of the molecule is CC(C)c1nc2c(c3c1[C@@H](c1ccc(C(F)(F)F)cc1F)OC31CCOCC1)C(O)CC(C)(C)C2. The third kappa shape index (κ3) is 4.07. The monoisotopic (exact) mass is 493 g/mol. The summed E-state index contributed by atoms with van der Waals surface area (Å²) >= 11 is 0. The highest BCUT2D eigenvalue weighted by Crippen LogP contribution is 2.57. The highest BCUT2D eigenvalue weighted by atomic mass is 19.4. The molecule has 5 rings (SSSR count). The molecule has 0 amide bonds. The molecule has 1 aromatic heterocycles. The Bertz CT molecular complexity index is 1150. The van der Waals surface area contributed by atoms with Crippen molar-refractivity contribution in [2.45, 2.75) is 83.3 Å². The minimum absolute atomic E-state index is 0.0326. The zero-order valence-corrected chi connectivity index (χ0v) is 20.4. The number of nitrogens with zero attached hydrogens (tertiary/aromatic N) is 1. The van der Waals surface area contributed by atoms with Crippen LogP contribution in [0.3, 0.4) is 0 Å². The summed E-state index contributed by atoms with van der Waals surface area (Å²) in [5, 5.41) is 11.3. The number of rotatable bonds is 2. The molecule has 8 heteroatoms.